The van der Waals surface area contributed by atoms with Crippen LogP contribution >= 0.6 is 0 Å². The highest BCUT2D eigenvalue weighted by Crippen LogP contribution is 2.22. The number of aryl methyl sites for hydroxylation is 1. The average Bonchev–Trinajstić information content (AvgIpc) is 2.64. The minimum absolute atomic E-state index is 0.0544. The van der Waals surface area contributed by atoms with Gasteiger partial charge in [0.1, 0.15) is 4.90 Å². The summed E-state index contributed by atoms with van der Waals surface area (Å²) >= 11 is 0. The first-order valence-corrected chi connectivity index (χ1v) is 9.29. The molecule has 0 saturated heterocycles. The van der Waals surface area contributed by atoms with Gasteiger partial charge in [0.15, 0.2) is 0 Å². The predicted molar refractivity (Wildman–Crippen MR) is 82.5 cm³/mol. The summed E-state index contributed by atoms with van der Waals surface area (Å²) < 4.78 is 28.2. The third kappa shape index (κ3) is 4.28. The zero-order valence-electron chi connectivity index (χ0n) is 12.9. The first-order chi connectivity index (χ1) is 10.0. The molecule has 0 amide bonds. The van der Waals surface area contributed by atoms with Crippen LogP contribution in [0.25, 0.3) is 0 Å². The second-order valence-corrected chi connectivity index (χ2v) is 7.37. The van der Waals surface area contributed by atoms with Crippen LogP contribution in [0.1, 0.15) is 56.8 Å². The third-order valence-corrected chi connectivity index (χ3v) is 5.67. The van der Waals surface area contributed by atoms with Gasteiger partial charge in [0.25, 0.3) is 0 Å². The van der Waals surface area contributed by atoms with Gasteiger partial charge in [-0.1, -0.05) is 32.6 Å². The fraction of sp³-hybridized carbons (Fsp3) is 0.786. The van der Waals surface area contributed by atoms with Crippen molar-refractivity contribution in [3.05, 3.63) is 11.4 Å². The molecular weight excluding hydrogens is 288 g/mol. The van der Waals surface area contributed by atoms with Crippen molar-refractivity contribution < 1.29 is 8.42 Å². The molecule has 1 aliphatic carbocycles. The first kappa shape index (κ1) is 16.5. The quantitative estimate of drug-likeness (QED) is 0.699. The van der Waals surface area contributed by atoms with Crippen LogP contribution < -0.4 is 10.0 Å². The molecule has 6 nitrogen and oxygen atoms in total. The minimum Gasteiger partial charge on any atom is -0.311 e. The highest BCUT2D eigenvalue weighted by Gasteiger charge is 2.27. The molecule has 1 aromatic rings. The summed E-state index contributed by atoms with van der Waals surface area (Å²) in [4.78, 5) is 0.313. The summed E-state index contributed by atoms with van der Waals surface area (Å²) in [7, 11) is -3.51. The number of hydrogen-bond donors (Lipinski definition) is 3. The summed E-state index contributed by atoms with van der Waals surface area (Å²) in [6.07, 6.45) is 6.46. The summed E-state index contributed by atoms with van der Waals surface area (Å²) in [5.74, 6) is 0. The molecule has 0 bridgehead atoms. The largest absolute Gasteiger partial charge is 0.311 e. The Balaban J connectivity index is 2.16. The predicted octanol–water partition coefficient (Wildman–Crippen LogP) is 1.83. The maximum absolute atomic E-state index is 12.7. The Kier molecular flexibility index (Phi) is 5.78. The first-order valence-electron chi connectivity index (χ1n) is 7.81. The van der Waals surface area contributed by atoms with Gasteiger partial charge in [0.05, 0.1) is 11.4 Å². The molecule has 1 aliphatic rings. The lowest BCUT2D eigenvalue weighted by atomic mass is 10.1. The van der Waals surface area contributed by atoms with Crippen LogP contribution in [0, 0.1) is 6.92 Å². The number of aromatic nitrogens is 2. The standard InChI is InChI=1S/C14H26N4O2S/c1-3-15-10-13-14(11(2)16-17-13)21(19,20)18-12-8-6-4-5-7-9-12/h12,15,18H,3-10H2,1-2H3,(H,16,17). The highest BCUT2D eigenvalue weighted by atomic mass is 32.2. The third-order valence-electron chi connectivity index (χ3n) is 3.95. The Hall–Kier alpha value is -0.920. The van der Waals surface area contributed by atoms with E-state index in [1.54, 1.807) is 6.92 Å². The molecule has 0 unspecified atom stereocenters. The number of sulfonamides is 1. The van der Waals surface area contributed by atoms with Crippen molar-refractivity contribution in [1.29, 1.82) is 0 Å². The van der Waals surface area contributed by atoms with Crippen LogP contribution in [-0.2, 0) is 16.6 Å². The smallest absolute Gasteiger partial charge is 0.244 e. The lowest BCUT2D eigenvalue weighted by Gasteiger charge is -2.16. The molecular formula is C14H26N4O2S. The number of hydrogen-bond acceptors (Lipinski definition) is 4. The van der Waals surface area contributed by atoms with E-state index >= 15 is 0 Å². The van der Waals surface area contributed by atoms with Gasteiger partial charge in [-0.25, -0.2) is 13.1 Å². The van der Waals surface area contributed by atoms with E-state index in [0.717, 1.165) is 32.2 Å². The Labute approximate surface area is 127 Å². The zero-order valence-corrected chi connectivity index (χ0v) is 13.7. The summed E-state index contributed by atoms with van der Waals surface area (Å²) in [5, 5.41) is 10.0. The molecule has 2 rings (SSSR count). The van der Waals surface area contributed by atoms with Gasteiger partial charge in [-0.05, 0) is 26.3 Å². The van der Waals surface area contributed by atoms with Gasteiger partial charge >= 0.3 is 0 Å². The molecule has 0 atom stereocenters. The van der Waals surface area contributed by atoms with Crippen LogP contribution in [0.4, 0.5) is 0 Å². The van der Waals surface area contributed by atoms with Crippen LogP contribution in [-0.4, -0.2) is 31.2 Å². The van der Waals surface area contributed by atoms with Gasteiger partial charge in [0.2, 0.25) is 10.0 Å². The molecule has 1 saturated carbocycles. The number of aromatic amines is 1. The topological polar surface area (TPSA) is 86.9 Å². The van der Waals surface area contributed by atoms with Crippen molar-refractivity contribution >= 4 is 10.0 Å². The van der Waals surface area contributed by atoms with Crippen LogP contribution in [0.5, 0.6) is 0 Å². The van der Waals surface area contributed by atoms with Crippen LogP contribution in [0.2, 0.25) is 0 Å². The molecule has 21 heavy (non-hydrogen) atoms. The lowest BCUT2D eigenvalue weighted by Crippen LogP contribution is -2.35. The maximum atomic E-state index is 12.7. The van der Waals surface area contributed by atoms with E-state index < -0.39 is 10.0 Å². The highest BCUT2D eigenvalue weighted by molar-refractivity contribution is 7.89. The number of H-pyrrole nitrogens is 1. The summed E-state index contributed by atoms with van der Waals surface area (Å²) in [6.45, 7) is 4.98. The summed E-state index contributed by atoms with van der Waals surface area (Å²) in [5.41, 5.74) is 1.17. The van der Waals surface area contributed by atoms with Crippen LogP contribution in [0.15, 0.2) is 4.90 Å². The lowest BCUT2D eigenvalue weighted by molar-refractivity contribution is 0.508. The van der Waals surface area contributed by atoms with E-state index in [1.165, 1.54) is 12.8 Å². The second-order valence-electron chi connectivity index (χ2n) is 5.71. The van der Waals surface area contributed by atoms with E-state index in [2.05, 4.69) is 20.2 Å². The Morgan fingerprint density at radius 2 is 1.90 bits per heavy atom. The molecule has 0 aromatic carbocycles. The van der Waals surface area contributed by atoms with Gasteiger partial charge in [-0.3, -0.25) is 5.10 Å². The summed E-state index contributed by atoms with van der Waals surface area (Å²) in [6, 6.07) is 0.0544. The van der Waals surface area contributed by atoms with Gasteiger partial charge in [-0.2, -0.15) is 5.10 Å². The van der Waals surface area contributed by atoms with Crippen molar-refractivity contribution in [1.82, 2.24) is 20.2 Å². The van der Waals surface area contributed by atoms with Crippen molar-refractivity contribution in [3.63, 3.8) is 0 Å². The van der Waals surface area contributed by atoms with Gasteiger partial charge in [-0.15, -0.1) is 0 Å². The van der Waals surface area contributed by atoms with E-state index in [1.807, 2.05) is 6.92 Å². The SMILES string of the molecule is CCNCc1n[nH]c(C)c1S(=O)(=O)NC1CCCCCC1. The van der Waals surface area contributed by atoms with E-state index in [0.29, 0.717) is 22.8 Å². The second kappa shape index (κ2) is 7.38. The monoisotopic (exact) mass is 314 g/mol. The molecule has 1 fully saturated rings. The minimum atomic E-state index is -3.51. The number of rotatable bonds is 6. The van der Waals surface area contributed by atoms with E-state index in [-0.39, 0.29) is 6.04 Å². The van der Waals surface area contributed by atoms with Gasteiger partial charge < -0.3 is 5.32 Å². The van der Waals surface area contributed by atoms with Crippen molar-refractivity contribution in [3.8, 4) is 0 Å². The normalized spacial score (nSPS) is 17.8. The Morgan fingerprint density at radius 1 is 1.24 bits per heavy atom. The molecule has 7 heteroatoms. The van der Waals surface area contributed by atoms with E-state index in [4.69, 9.17) is 0 Å². The Morgan fingerprint density at radius 3 is 2.52 bits per heavy atom. The zero-order chi connectivity index (χ0) is 15.3. The molecule has 120 valence electrons. The maximum Gasteiger partial charge on any atom is 0.244 e. The van der Waals surface area contributed by atoms with Crippen molar-refractivity contribution in [2.24, 2.45) is 0 Å². The molecule has 3 N–H and O–H groups in total. The molecule has 1 aromatic heterocycles. The molecule has 0 spiro atoms. The van der Waals surface area contributed by atoms with Crippen molar-refractivity contribution in [2.45, 2.75) is 69.9 Å². The fourth-order valence-corrected chi connectivity index (χ4v) is 4.53. The average molecular weight is 314 g/mol. The van der Waals surface area contributed by atoms with Crippen molar-refractivity contribution in [2.75, 3.05) is 6.54 Å². The number of nitrogens with one attached hydrogen (secondary N) is 3. The fourth-order valence-electron chi connectivity index (χ4n) is 2.86. The molecule has 1 heterocycles. The molecule has 0 radical (unpaired) electrons. The van der Waals surface area contributed by atoms with Crippen LogP contribution in [0.3, 0.4) is 0 Å². The van der Waals surface area contributed by atoms with E-state index in [9.17, 15) is 8.42 Å². The Bertz CT molecular complexity index is 545. The number of nitrogens with zero attached hydrogens (tertiary/aromatic N) is 1. The molecule has 0 aliphatic heterocycles. The van der Waals surface area contributed by atoms with Gasteiger partial charge in [0, 0.05) is 12.6 Å².